The third-order valence-corrected chi connectivity index (χ3v) is 10.8. The molecule has 4 aromatic rings. The van der Waals surface area contributed by atoms with Crippen LogP contribution in [-0.4, -0.2) is 20.3 Å². The summed E-state index contributed by atoms with van der Waals surface area (Å²) in [5.41, 5.74) is 5.42. The molecular weight excluding hydrogens is 482 g/mol. The van der Waals surface area contributed by atoms with Gasteiger partial charge in [-0.15, -0.1) is 22.7 Å². The summed E-state index contributed by atoms with van der Waals surface area (Å²) in [6.45, 7) is 14.4. The van der Waals surface area contributed by atoms with Crippen molar-refractivity contribution in [2.45, 2.75) is 63.2 Å². The molecule has 2 heterocycles. The first-order valence-electron chi connectivity index (χ1n) is 11.3. The van der Waals surface area contributed by atoms with Crippen LogP contribution in [0.2, 0.25) is 0 Å². The van der Waals surface area contributed by atoms with Crippen molar-refractivity contribution in [2.24, 2.45) is 0 Å². The van der Waals surface area contributed by atoms with Crippen LogP contribution < -0.4 is 0 Å². The molecule has 0 saturated carbocycles. The molecule has 0 saturated heterocycles. The zero-order valence-electron chi connectivity index (χ0n) is 20.7. The Hall–Kier alpha value is -1.36. The van der Waals surface area contributed by atoms with E-state index in [4.69, 9.17) is 0 Å². The summed E-state index contributed by atoms with van der Waals surface area (Å²) in [5, 5.41) is 0.386. The largest absolute Gasteiger partial charge is 2.00 e. The molecule has 33 heavy (non-hydrogen) atoms. The van der Waals surface area contributed by atoms with Gasteiger partial charge in [0.1, 0.15) is 0 Å². The van der Waals surface area contributed by atoms with E-state index in [1.165, 1.54) is 22.3 Å². The maximum Gasteiger partial charge on any atom is 2.00 e. The Kier molecular flexibility index (Phi) is 9.61. The second kappa shape index (κ2) is 11.4. The van der Waals surface area contributed by atoms with Gasteiger partial charge in [0.25, 0.3) is 0 Å². The van der Waals surface area contributed by atoms with Crippen LogP contribution in [0.5, 0.6) is 0 Å². The van der Waals surface area contributed by atoms with E-state index in [0.717, 1.165) is 6.16 Å². The van der Waals surface area contributed by atoms with Crippen LogP contribution in [0, 0.1) is 0 Å². The Morgan fingerprint density at radius 1 is 0.818 bits per heavy atom. The van der Waals surface area contributed by atoms with Crippen molar-refractivity contribution in [2.75, 3.05) is 0 Å². The van der Waals surface area contributed by atoms with E-state index in [0.29, 0.717) is 10.3 Å². The maximum atomic E-state index is 3.25. The van der Waals surface area contributed by atoms with Crippen molar-refractivity contribution in [3.8, 4) is 0 Å². The molecule has 0 fully saturated rings. The molecule has 1 atom stereocenters. The van der Waals surface area contributed by atoms with Crippen LogP contribution in [-0.2, 0) is 28.4 Å². The summed E-state index contributed by atoms with van der Waals surface area (Å²) in [5.74, 6) is 0. The third kappa shape index (κ3) is 6.61. The van der Waals surface area contributed by atoms with E-state index in [1.807, 2.05) is 42.7 Å². The SMILES string of the molecule is CC(C)(C)P(Cc1cc[cH-]c1C(P)(c1cc[nH]c1)c1cc[nH]c1)C(C)(C)C.[Fe+2].c1cc[cH-]c1. The van der Waals surface area contributed by atoms with Crippen molar-refractivity contribution in [1.82, 2.24) is 9.97 Å². The Bertz CT molecular complexity index is 965. The number of rotatable bonds is 5. The minimum Gasteiger partial charge on any atom is -0.367 e. The molecule has 0 bridgehead atoms. The first kappa shape index (κ1) is 27.9. The molecule has 1 unspecified atom stereocenters. The molecule has 0 radical (unpaired) electrons. The second-order valence-corrected chi connectivity index (χ2v) is 15.1. The predicted molar refractivity (Wildman–Crippen MR) is 145 cm³/mol. The van der Waals surface area contributed by atoms with Gasteiger partial charge < -0.3 is 9.97 Å². The van der Waals surface area contributed by atoms with Crippen LogP contribution >= 0.6 is 17.2 Å². The van der Waals surface area contributed by atoms with E-state index in [2.05, 4.69) is 103 Å². The van der Waals surface area contributed by atoms with E-state index in [9.17, 15) is 0 Å². The fraction of sp³-hybridized carbons (Fsp3) is 0.357. The molecule has 0 aliphatic rings. The van der Waals surface area contributed by atoms with Crippen molar-refractivity contribution in [1.29, 1.82) is 0 Å². The van der Waals surface area contributed by atoms with Crippen LogP contribution in [0.15, 0.2) is 85.5 Å². The molecule has 0 amide bonds. The van der Waals surface area contributed by atoms with Crippen LogP contribution in [0.3, 0.4) is 0 Å². The predicted octanol–water partition coefficient (Wildman–Crippen LogP) is 8.21. The van der Waals surface area contributed by atoms with Gasteiger partial charge in [0, 0.05) is 29.9 Å². The molecule has 2 aromatic heterocycles. The van der Waals surface area contributed by atoms with Gasteiger partial charge in [0.2, 0.25) is 0 Å². The average Bonchev–Trinajstić information content (AvgIpc) is 3.51. The molecule has 178 valence electrons. The zero-order chi connectivity index (χ0) is 23.4. The molecule has 0 aliphatic heterocycles. The summed E-state index contributed by atoms with van der Waals surface area (Å²) in [6.07, 6.45) is 9.41. The Morgan fingerprint density at radius 2 is 1.33 bits per heavy atom. The molecule has 5 heteroatoms. The van der Waals surface area contributed by atoms with Crippen LogP contribution in [0.1, 0.15) is 63.8 Å². The second-order valence-electron chi connectivity index (χ2n) is 10.4. The Balaban J connectivity index is 0.000000568. The number of hydrogen-bond acceptors (Lipinski definition) is 0. The first-order chi connectivity index (χ1) is 15.0. The minimum atomic E-state index is -0.240. The number of nitrogens with one attached hydrogen (secondary N) is 2. The number of aromatic amines is 2. The maximum absolute atomic E-state index is 3.25. The van der Waals surface area contributed by atoms with Crippen molar-refractivity contribution in [3.63, 3.8) is 0 Å². The van der Waals surface area contributed by atoms with Gasteiger partial charge in [-0.05, 0) is 33.6 Å². The summed E-state index contributed by atoms with van der Waals surface area (Å²) in [7, 11) is 2.96. The number of H-pyrrole nitrogens is 2. The monoisotopic (exact) mass is 520 g/mol. The smallest absolute Gasteiger partial charge is 0.367 e. The van der Waals surface area contributed by atoms with Gasteiger partial charge in [-0.3, -0.25) is 0 Å². The molecule has 4 rings (SSSR count). The molecular formula is C28H38FeN2P2. The summed E-state index contributed by atoms with van der Waals surface area (Å²) >= 11 is 0. The molecule has 0 spiro atoms. The molecule has 2 aromatic carbocycles. The van der Waals surface area contributed by atoms with Crippen LogP contribution in [0.25, 0.3) is 0 Å². The molecule has 2 nitrogen and oxygen atoms in total. The average molecular weight is 520 g/mol. The minimum absolute atomic E-state index is 0. The fourth-order valence-corrected chi connectivity index (χ4v) is 8.79. The fourth-order valence-electron chi connectivity index (χ4n) is 4.57. The normalized spacial score (nSPS) is 12.2. The van der Waals surface area contributed by atoms with E-state index >= 15 is 0 Å². The van der Waals surface area contributed by atoms with Crippen LogP contribution in [0.4, 0.5) is 0 Å². The molecule has 2 N–H and O–H groups in total. The first-order valence-corrected chi connectivity index (χ1v) is 13.4. The van der Waals surface area contributed by atoms with Crippen molar-refractivity contribution < 1.29 is 17.1 Å². The number of hydrogen-bond donors (Lipinski definition) is 2. The van der Waals surface area contributed by atoms with E-state index < -0.39 is 0 Å². The van der Waals surface area contributed by atoms with Crippen molar-refractivity contribution in [3.05, 3.63) is 108 Å². The summed E-state index contributed by atoms with van der Waals surface area (Å²) in [6, 6.07) is 21.2. The van der Waals surface area contributed by atoms with E-state index in [-0.39, 0.29) is 30.1 Å². The standard InChI is InChI=1S/C23H33N2P2.C5H5.Fe/c1-21(2,3)27(22(4,5)6)16-17-8-7-9-20(17)23(26,18-10-12-24-14-18)19-11-13-25-15-19;1-2-4-5-3-1;/h7-15,24-25H,16,26H2,1-6H3;1-5H;/q2*-1;+2. The quantitative estimate of drug-likeness (QED) is 0.151. The van der Waals surface area contributed by atoms with Gasteiger partial charge in [-0.1, -0.05) is 47.7 Å². The van der Waals surface area contributed by atoms with Gasteiger partial charge in [-0.2, -0.15) is 35.9 Å². The van der Waals surface area contributed by atoms with Gasteiger partial charge >= 0.3 is 17.1 Å². The van der Waals surface area contributed by atoms with Gasteiger partial charge in [0.15, 0.2) is 0 Å². The third-order valence-electron chi connectivity index (χ3n) is 5.94. The topological polar surface area (TPSA) is 31.6 Å². The van der Waals surface area contributed by atoms with Crippen molar-refractivity contribution >= 4 is 17.2 Å². The zero-order valence-corrected chi connectivity index (χ0v) is 23.8. The van der Waals surface area contributed by atoms with Gasteiger partial charge in [-0.25, -0.2) is 18.2 Å². The molecule has 0 aliphatic carbocycles. The Labute approximate surface area is 214 Å². The summed E-state index contributed by atoms with van der Waals surface area (Å²) in [4.78, 5) is 6.50. The van der Waals surface area contributed by atoms with E-state index in [1.54, 1.807) is 0 Å². The summed E-state index contributed by atoms with van der Waals surface area (Å²) < 4.78 is 0. The van der Waals surface area contributed by atoms with Gasteiger partial charge in [0.05, 0.1) is 0 Å². The number of aromatic nitrogens is 2. The Morgan fingerprint density at radius 3 is 1.70 bits per heavy atom.